The summed E-state index contributed by atoms with van der Waals surface area (Å²) in [6.07, 6.45) is 5.60. The first-order chi connectivity index (χ1) is 15.0. The van der Waals surface area contributed by atoms with Crippen LogP contribution in [0.1, 0.15) is 25.5 Å². The molecule has 0 unspecified atom stereocenters. The Kier molecular flexibility index (Phi) is 4.74. The van der Waals surface area contributed by atoms with Crippen LogP contribution in [0.2, 0.25) is 5.02 Å². The van der Waals surface area contributed by atoms with Crippen molar-refractivity contribution in [1.29, 1.82) is 0 Å². The number of aromatic nitrogens is 5. The molecule has 1 aromatic carbocycles. The Bertz CT molecular complexity index is 1450. The van der Waals surface area contributed by atoms with Crippen molar-refractivity contribution in [1.82, 2.24) is 24.6 Å². The van der Waals surface area contributed by atoms with Crippen molar-refractivity contribution < 1.29 is 5.11 Å². The van der Waals surface area contributed by atoms with E-state index in [-0.39, 0.29) is 17.6 Å². The molecule has 0 radical (unpaired) electrons. The fourth-order valence-electron chi connectivity index (χ4n) is 3.48. The first-order valence-corrected chi connectivity index (χ1v) is 10.3. The lowest BCUT2D eigenvalue weighted by Crippen LogP contribution is -2.22. The number of aromatic amines is 2. The number of H-pyrrole nitrogens is 2. The van der Waals surface area contributed by atoms with E-state index in [2.05, 4.69) is 27.3 Å². The summed E-state index contributed by atoms with van der Waals surface area (Å²) < 4.78 is 1.66. The van der Waals surface area contributed by atoms with Crippen molar-refractivity contribution in [3.8, 4) is 5.88 Å². The number of nitrogens with one attached hydrogen (secondary N) is 3. The molecule has 1 aliphatic carbocycles. The third kappa shape index (κ3) is 4.04. The van der Waals surface area contributed by atoms with E-state index in [1.165, 1.54) is 12.8 Å². The van der Waals surface area contributed by atoms with Crippen LogP contribution in [0, 0.1) is 5.92 Å². The Hall–Kier alpha value is -3.59. The first kappa shape index (κ1) is 19.4. The molecule has 1 saturated carbocycles. The van der Waals surface area contributed by atoms with Crippen molar-refractivity contribution in [2.24, 2.45) is 10.9 Å². The van der Waals surface area contributed by atoms with Gasteiger partial charge in [0, 0.05) is 22.0 Å². The van der Waals surface area contributed by atoms with Gasteiger partial charge in [-0.25, -0.2) is 9.78 Å². The molecule has 0 bridgehead atoms. The maximum absolute atomic E-state index is 11.5. The van der Waals surface area contributed by atoms with Gasteiger partial charge in [0.25, 0.3) is 0 Å². The number of benzene rings is 1. The molecule has 1 fully saturated rings. The molecule has 0 amide bonds. The quantitative estimate of drug-likeness (QED) is 0.380. The topological polar surface area (TPSA) is 123 Å². The summed E-state index contributed by atoms with van der Waals surface area (Å²) in [7, 11) is 0. The average Bonchev–Trinajstić information content (AvgIpc) is 3.42. The fourth-order valence-corrected chi connectivity index (χ4v) is 3.67. The molecular weight excluding hydrogens is 418 g/mol. The molecule has 158 valence electrons. The summed E-state index contributed by atoms with van der Waals surface area (Å²) in [6.45, 7) is 2.10. The highest BCUT2D eigenvalue weighted by atomic mass is 35.5. The number of halogens is 1. The zero-order valence-corrected chi connectivity index (χ0v) is 17.4. The van der Waals surface area contributed by atoms with Gasteiger partial charge in [0.05, 0.1) is 12.2 Å². The third-order valence-electron chi connectivity index (χ3n) is 5.25. The van der Waals surface area contributed by atoms with E-state index in [0.29, 0.717) is 33.1 Å². The van der Waals surface area contributed by atoms with Crippen LogP contribution < -0.4 is 21.7 Å². The van der Waals surface area contributed by atoms with E-state index in [0.717, 1.165) is 5.69 Å². The fraction of sp³-hybridized carbons (Fsp3) is 0.238. The molecule has 0 spiro atoms. The number of fused-ring (bicyclic) bond motifs is 1. The standard InChI is InChI=1S/C21H20ClN7O2/c1-11(12-5-6-12)24-18-9-17(25-15-4-2-3-14(22)8-15)27-19-13(10-23-29(18)19)7-16-20(30)28-21(31)26-16/h2-4,7-12,25,30H,5-6H2,1H3,(H2,26,28,31)/b13-7+,24-18?/t11-/m0/s1. The minimum Gasteiger partial charge on any atom is -0.493 e. The van der Waals surface area contributed by atoms with Gasteiger partial charge < -0.3 is 15.4 Å². The second-order valence-electron chi connectivity index (χ2n) is 7.66. The predicted molar refractivity (Wildman–Crippen MR) is 117 cm³/mol. The monoisotopic (exact) mass is 437 g/mol. The van der Waals surface area contributed by atoms with Crippen LogP contribution in [0.3, 0.4) is 0 Å². The van der Waals surface area contributed by atoms with Crippen molar-refractivity contribution in [3.63, 3.8) is 0 Å². The van der Waals surface area contributed by atoms with Gasteiger partial charge in [-0.1, -0.05) is 17.7 Å². The molecular formula is C21H20ClN7O2. The average molecular weight is 438 g/mol. The van der Waals surface area contributed by atoms with E-state index in [4.69, 9.17) is 21.6 Å². The molecule has 1 atom stereocenters. The van der Waals surface area contributed by atoms with E-state index in [9.17, 15) is 9.90 Å². The number of hydrogen-bond donors (Lipinski definition) is 4. The zero-order valence-electron chi connectivity index (χ0n) is 16.6. The molecule has 9 nitrogen and oxygen atoms in total. The lowest BCUT2D eigenvalue weighted by Gasteiger charge is -2.08. The molecule has 4 N–H and O–H groups in total. The molecule has 5 rings (SSSR count). The van der Waals surface area contributed by atoms with Gasteiger partial charge in [-0.05, 0) is 50.0 Å². The van der Waals surface area contributed by atoms with Crippen LogP contribution in [-0.4, -0.2) is 35.7 Å². The van der Waals surface area contributed by atoms with Crippen LogP contribution in [0.5, 0.6) is 5.88 Å². The van der Waals surface area contributed by atoms with Crippen molar-refractivity contribution in [3.05, 3.63) is 68.4 Å². The molecule has 3 heterocycles. The molecule has 4 aromatic rings. The van der Waals surface area contributed by atoms with E-state index in [1.807, 2.05) is 24.3 Å². The van der Waals surface area contributed by atoms with Gasteiger partial charge in [-0.2, -0.15) is 9.61 Å². The Morgan fingerprint density at radius 3 is 2.90 bits per heavy atom. The molecule has 1 aliphatic rings. The maximum Gasteiger partial charge on any atom is 0.326 e. The summed E-state index contributed by atoms with van der Waals surface area (Å²) in [5, 5.41) is 18.9. The van der Waals surface area contributed by atoms with Gasteiger partial charge >= 0.3 is 5.69 Å². The molecule has 0 aliphatic heterocycles. The van der Waals surface area contributed by atoms with E-state index < -0.39 is 5.69 Å². The Morgan fingerprint density at radius 1 is 1.35 bits per heavy atom. The van der Waals surface area contributed by atoms with E-state index >= 15 is 0 Å². The largest absolute Gasteiger partial charge is 0.493 e. The normalized spacial score (nSPS) is 16.2. The maximum atomic E-state index is 11.5. The molecule has 10 heteroatoms. The SMILES string of the molecule is C[C@H](N=c1cc(Nc2cccc(Cl)c2)nc2/c(=C/c3[nH]c(=O)[nH]c3O)cnn12)C1CC1. The summed E-state index contributed by atoms with van der Waals surface area (Å²) in [5.74, 6) is 0.930. The van der Waals surface area contributed by atoms with Crippen LogP contribution in [0.25, 0.3) is 11.7 Å². The Balaban J connectivity index is 1.68. The van der Waals surface area contributed by atoms with Crippen molar-refractivity contribution in [2.75, 3.05) is 5.32 Å². The number of imidazole rings is 1. The molecule has 31 heavy (non-hydrogen) atoms. The second-order valence-corrected chi connectivity index (χ2v) is 8.10. The van der Waals surface area contributed by atoms with Gasteiger partial charge in [-0.15, -0.1) is 0 Å². The van der Waals surface area contributed by atoms with Crippen molar-refractivity contribution in [2.45, 2.75) is 25.8 Å². The molecule has 0 saturated heterocycles. The zero-order chi connectivity index (χ0) is 21.5. The minimum absolute atomic E-state index is 0.173. The number of anilines is 2. The Morgan fingerprint density at radius 2 is 2.19 bits per heavy atom. The summed E-state index contributed by atoms with van der Waals surface area (Å²) in [5.41, 5.74) is 1.75. The first-order valence-electron chi connectivity index (χ1n) is 9.94. The highest BCUT2D eigenvalue weighted by Gasteiger charge is 2.27. The highest BCUT2D eigenvalue weighted by molar-refractivity contribution is 6.30. The number of hydrogen-bond acceptors (Lipinski definition) is 6. The van der Waals surface area contributed by atoms with Crippen molar-refractivity contribution >= 4 is 34.8 Å². The summed E-state index contributed by atoms with van der Waals surface area (Å²) in [6, 6.07) is 9.38. The lowest BCUT2D eigenvalue weighted by atomic mass is 10.2. The smallest absolute Gasteiger partial charge is 0.326 e. The number of rotatable bonds is 5. The van der Waals surface area contributed by atoms with Gasteiger partial charge in [0.2, 0.25) is 5.88 Å². The third-order valence-corrected chi connectivity index (χ3v) is 5.49. The number of nitrogens with zero attached hydrogens (tertiary/aromatic N) is 4. The lowest BCUT2D eigenvalue weighted by molar-refractivity contribution is 0.454. The molecule has 3 aromatic heterocycles. The second kappa shape index (κ2) is 7.59. The van der Waals surface area contributed by atoms with Gasteiger partial charge in [0.1, 0.15) is 11.5 Å². The Labute approximate surface area is 181 Å². The van der Waals surface area contributed by atoms with E-state index in [1.54, 1.807) is 22.9 Å². The van der Waals surface area contributed by atoms with Crippen LogP contribution in [-0.2, 0) is 0 Å². The summed E-state index contributed by atoms with van der Waals surface area (Å²) >= 11 is 6.11. The summed E-state index contributed by atoms with van der Waals surface area (Å²) in [4.78, 5) is 25.9. The minimum atomic E-state index is -0.495. The predicted octanol–water partition coefficient (Wildman–Crippen LogP) is 2.10. The van der Waals surface area contributed by atoms with Crippen LogP contribution in [0.15, 0.2) is 46.3 Å². The number of aromatic hydroxyl groups is 1. The van der Waals surface area contributed by atoms with Crippen LogP contribution >= 0.6 is 11.6 Å². The van der Waals surface area contributed by atoms with Gasteiger partial charge in [0.15, 0.2) is 11.1 Å². The van der Waals surface area contributed by atoms with Gasteiger partial charge in [-0.3, -0.25) is 9.98 Å². The van der Waals surface area contributed by atoms with Crippen LogP contribution in [0.4, 0.5) is 11.5 Å². The highest BCUT2D eigenvalue weighted by Crippen LogP contribution is 2.33.